The Kier molecular flexibility index (Phi) is 8.16. The van der Waals surface area contributed by atoms with Gasteiger partial charge in [0.15, 0.2) is 0 Å². The van der Waals surface area contributed by atoms with Crippen LogP contribution in [-0.4, -0.2) is 96.6 Å². The molecule has 10 heteroatoms. The molecule has 0 spiro atoms. The molecule has 222 valence electrons. The first kappa shape index (κ1) is 28.3. The second kappa shape index (κ2) is 11.8. The minimum atomic E-state index is -2.73. The van der Waals surface area contributed by atoms with E-state index in [-0.39, 0.29) is 30.1 Å². The molecule has 1 saturated carbocycles. The number of hydrogen-bond acceptors (Lipinski definition) is 6. The van der Waals surface area contributed by atoms with Crippen molar-refractivity contribution >= 4 is 22.7 Å². The Morgan fingerprint density at radius 2 is 1.90 bits per heavy atom. The number of nitrogens with zero attached hydrogens (tertiary/aromatic N) is 5. The first-order valence-corrected chi connectivity index (χ1v) is 15.0. The van der Waals surface area contributed by atoms with Gasteiger partial charge in [0, 0.05) is 82.2 Å². The van der Waals surface area contributed by atoms with Gasteiger partial charge in [-0.2, -0.15) is 13.9 Å². The average molecular weight is 570 g/mol. The van der Waals surface area contributed by atoms with Gasteiger partial charge < -0.3 is 19.3 Å². The van der Waals surface area contributed by atoms with Crippen LogP contribution in [0.3, 0.4) is 0 Å². The highest BCUT2D eigenvalue weighted by atomic mass is 19.3. The van der Waals surface area contributed by atoms with Gasteiger partial charge in [-0.3, -0.25) is 9.69 Å². The third-order valence-corrected chi connectivity index (χ3v) is 9.59. The summed E-state index contributed by atoms with van der Waals surface area (Å²) in [6, 6.07) is 4.24. The van der Waals surface area contributed by atoms with E-state index in [4.69, 9.17) is 4.74 Å². The number of carbonyl (C=O) groups excluding carboxylic acids is 1. The zero-order valence-corrected chi connectivity index (χ0v) is 24.1. The molecule has 1 amide bonds. The summed E-state index contributed by atoms with van der Waals surface area (Å²) in [4.78, 5) is 19.1. The van der Waals surface area contributed by atoms with Gasteiger partial charge in [0.25, 0.3) is 0 Å². The summed E-state index contributed by atoms with van der Waals surface area (Å²) >= 11 is 0. The second-order valence-electron chi connectivity index (χ2n) is 12.0. The molecule has 0 radical (unpaired) electrons. The van der Waals surface area contributed by atoms with E-state index in [9.17, 15) is 13.6 Å². The predicted molar refractivity (Wildman–Crippen MR) is 154 cm³/mol. The number of ether oxygens (including phenoxy) is 2. The van der Waals surface area contributed by atoms with Crippen LogP contribution in [0, 0.1) is 11.8 Å². The fraction of sp³-hybridized carbons (Fsp3) is 0.613. The molecule has 0 N–H and O–H groups in total. The van der Waals surface area contributed by atoms with Crippen LogP contribution in [0.25, 0.3) is 11.1 Å². The Morgan fingerprint density at radius 1 is 1.15 bits per heavy atom. The molecule has 2 aliphatic heterocycles. The summed E-state index contributed by atoms with van der Waals surface area (Å²) in [5.41, 5.74) is 4.28. The largest absolute Gasteiger partial charge is 0.378 e. The number of carbonyl (C=O) groups is 1. The molecule has 8 nitrogen and oxygen atoms in total. The van der Waals surface area contributed by atoms with E-state index < -0.39 is 6.61 Å². The fourth-order valence-corrected chi connectivity index (χ4v) is 6.79. The molecule has 2 atom stereocenters. The Bertz CT molecular complexity index is 1290. The summed E-state index contributed by atoms with van der Waals surface area (Å²) in [6.07, 6.45) is 15.4. The molecule has 2 saturated heterocycles. The van der Waals surface area contributed by atoms with E-state index in [0.29, 0.717) is 5.91 Å². The zero-order chi connectivity index (χ0) is 28.6. The molecule has 4 aliphatic rings. The number of aromatic nitrogens is 2. The highest BCUT2D eigenvalue weighted by molar-refractivity contribution is 5.83. The van der Waals surface area contributed by atoms with Crippen LogP contribution in [0.1, 0.15) is 44.6 Å². The van der Waals surface area contributed by atoms with Gasteiger partial charge in [0.05, 0.1) is 23.4 Å². The maximum Gasteiger partial charge on any atom is 0.345 e. The minimum Gasteiger partial charge on any atom is -0.378 e. The van der Waals surface area contributed by atoms with Gasteiger partial charge in [-0.1, -0.05) is 18.2 Å². The fourth-order valence-electron chi connectivity index (χ4n) is 6.79. The van der Waals surface area contributed by atoms with Gasteiger partial charge in [-0.25, -0.2) is 4.52 Å². The number of anilines is 1. The summed E-state index contributed by atoms with van der Waals surface area (Å²) in [7, 11) is 1.79. The van der Waals surface area contributed by atoms with Crippen molar-refractivity contribution in [3.8, 4) is 0 Å². The van der Waals surface area contributed by atoms with Gasteiger partial charge in [0.2, 0.25) is 5.91 Å². The Labute approximate surface area is 240 Å². The molecule has 2 aromatic rings. The lowest BCUT2D eigenvalue weighted by Crippen LogP contribution is -2.52. The minimum absolute atomic E-state index is 0.0337. The van der Waals surface area contributed by atoms with Crippen molar-refractivity contribution in [1.29, 1.82) is 0 Å². The van der Waals surface area contributed by atoms with Crippen LogP contribution >= 0.6 is 0 Å². The number of allylic oxidation sites excluding steroid dienone is 3. The van der Waals surface area contributed by atoms with Gasteiger partial charge in [-0.05, 0) is 56.7 Å². The van der Waals surface area contributed by atoms with Gasteiger partial charge >= 0.3 is 6.61 Å². The normalized spacial score (nSPS) is 24.2. The van der Waals surface area contributed by atoms with Crippen LogP contribution in [0.2, 0.25) is 0 Å². The molecule has 2 aliphatic carbocycles. The number of piperidine rings is 1. The van der Waals surface area contributed by atoms with Crippen LogP contribution in [0.5, 0.6) is 0 Å². The van der Waals surface area contributed by atoms with E-state index in [2.05, 4.69) is 56.2 Å². The second-order valence-corrected chi connectivity index (χ2v) is 12.0. The van der Waals surface area contributed by atoms with E-state index in [1.807, 2.05) is 22.5 Å². The quantitative estimate of drug-likeness (QED) is 0.445. The molecule has 4 heterocycles. The number of halogens is 2. The molecule has 1 unspecified atom stereocenters. The molecular weight excluding hydrogens is 528 g/mol. The maximum atomic E-state index is 12.5. The molecule has 6 rings (SSSR count). The van der Waals surface area contributed by atoms with Gasteiger partial charge in [0.1, 0.15) is 0 Å². The Morgan fingerprint density at radius 3 is 2.54 bits per heavy atom. The highest BCUT2D eigenvalue weighted by Crippen LogP contribution is 2.40. The number of alkyl halides is 2. The van der Waals surface area contributed by atoms with Crippen molar-refractivity contribution in [2.75, 3.05) is 57.9 Å². The van der Waals surface area contributed by atoms with Crippen LogP contribution < -0.4 is 4.90 Å². The van der Waals surface area contributed by atoms with Crippen LogP contribution in [-0.2, 0) is 14.3 Å². The van der Waals surface area contributed by atoms with Crippen molar-refractivity contribution < 1.29 is 23.0 Å². The van der Waals surface area contributed by atoms with Gasteiger partial charge in [-0.15, -0.1) is 0 Å². The maximum absolute atomic E-state index is 12.5. The first-order valence-electron chi connectivity index (χ1n) is 15.0. The highest BCUT2D eigenvalue weighted by Gasteiger charge is 2.41. The van der Waals surface area contributed by atoms with E-state index in [0.717, 1.165) is 88.1 Å². The van der Waals surface area contributed by atoms with Crippen molar-refractivity contribution in [2.45, 2.75) is 57.3 Å². The lowest BCUT2D eigenvalue weighted by atomic mass is 9.75. The predicted octanol–water partition coefficient (Wildman–Crippen LogP) is 4.46. The van der Waals surface area contributed by atoms with Crippen molar-refractivity contribution in [2.24, 2.45) is 11.8 Å². The first-order chi connectivity index (χ1) is 19.9. The summed E-state index contributed by atoms with van der Waals surface area (Å²) in [5, 5.41) is 4.58. The lowest BCUT2D eigenvalue weighted by molar-refractivity contribution is -0.146. The number of likely N-dealkylation sites (tertiary alicyclic amines) is 1. The molecular formula is C31H41F2N5O3. The Hall–Kier alpha value is -2.82. The lowest BCUT2D eigenvalue weighted by Gasteiger charge is -2.46. The number of fused-ring (bicyclic) bond motifs is 1. The zero-order valence-electron chi connectivity index (χ0n) is 24.1. The molecule has 41 heavy (non-hydrogen) atoms. The average Bonchev–Trinajstić information content (AvgIpc) is 3.77. The van der Waals surface area contributed by atoms with Crippen molar-refractivity contribution in [3.05, 3.63) is 48.3 Å². The number of rotatable bonds is 9. The summed E-state index contributed by atoms with van der Waals surface area (Å²) in [6.45, 7) is 4.04. The Balaban J connectivity index is 1.10. The third kappa shape index (κ3) is 5.92. The summed E-state index contributed by atoms with van der Waals surface area (Å²) < 4.78 is 37.6. The smallest absolute Gasteiger partial charge is 0.345 e. The number of piperazine rings is 1. The molecule has 0 aromatic carbocycles. The SMILES string of the molecule is COC1(C2C=CC(c3cc4c(N5CCN(C(=O)C6CC6)CC5)ccnn4c3)=CC2)CCN([C@@H](C)COC(F)F)CC1. The van der Waals surface area contributed by atoms with Crippen molar-refractivity contribution in [3.63, 3.8) is 0 Å². The standard InChI is InChI=1S/C31H41F2N5O3/c1-22(21-41-30(32)33)35-13-10-31(40-2,11-14-35)26-7-5-23(6-8-26)25-19-28-27(9-12-34-38(28)20-25)36-15-17-37(18-16-36)29(39)24-3-4-24/h5-7,9,12,19-20,22,24,26,30H,3-4,8,10-11,13-18,21H2,1-2H3/t22-,26?/m0/s1. The van der Waals surface area contributed by atoms with E-state index in [1.165, 1.54) is 5.57 Å². The van der Waals surface area contributed by atoms with Crippen LogP contribution in [0.15, 0.2) is 42.8 Å². The van der Waals surface area contributed by atoms with E-state index >= 15 is 0 Å². The van der Waals surface area contributed by atoms with E-state index in [1.54, 1.807) is 7.11 Å². The number of methoxy groups -OCH3 is 1. The number of amides is 1. The molecule has 3 fully saturated rings. The topological polar surface area (TPSA) is 62.5 Å². The number of hydrogen-bond donors (Lipinski definition) is 0. The summed E-state index contributed by atoms with van der Waals surface area (Å²) in [5.74, 6) is 0.860. The van der Waals surface area contributed by atoms with Crippen molar-refractivity contribution in [1.82, 2.24) is 19.4 Å². The van der Waals surface area contributed by atoms with Crippen LogP contribution in [0.4, 0.5) is 14.5 Å². The third-order valence-electron chi connectivity index (χ3n) is 9.59. The monoisotopic (exact) mass is 569 g/mol. The molecule has 2 aromatic heterocycles. The molecule has 0 bridgehead atoms.